The molecule has 0 aliphatic rings. The lowest BCUT2D eigenvalue weighted by Crippen LogP contribution is -2.25. The van der Waals surface area contributed by atoms with Crippen molar-refractivity contribution in [3.63, 3.8) is 0 Å². The van der Waals surface area contributed by atoms with Gasteiger partial charge in [-0.15, -0.1) is 11.6 Å². The number of nitrogens with zero attached hydrogens (tertiary/aromatic N) is 1. The number of nitrogens with one attached hydrogen (secondary N) is 1. The van der Waals surface area contributed by atoms with Crippen LogP contribution in [0.4, 0.5) is 0 Å². The zero-order valence-electron chi connectivity index (χ0n) is 7.87. The third-order valence-electron chi connectivity index (χ3n) is 1.75. The van der Waals surface area contributed by atoms with Crippen LogP contribution in [0.15, 0.2) is 24.4 Å². The number of alkyl halides is 1. The Morgan fingerprint density at radius 2 is 2.36 bits per heavy atom. The van der Waals surface area contributed by atoms with E-state index < -0.39 is 0 Å². The molecule has 1 heterocycles. The highest BCUT2D eigenvalue weighted by Gasteiger charge is 1.98. The van der Waals surface area contributed by atoms with Gasteiger partial charge in [-0.25, -0.2) is 0 Å². The average Bonchev–Trinajstić information content (AvgIpc) is 2.20. The number of carbonyl (C=O) groups excluding carboxylic acids is 1. The van der Waals surface area contributed by atoms with E-state index in [2.05, 4.69) is 10.3 Å². The summed E-state index contributed by atoms with van der Waals surface area (Å²) in [6, 6.07) is 5.74. The molecule has 0 unspecified atom stereocenters. The maximum atomic E-state index is 11.0. The van der Waals surface area contributed by atoms with E-state index in [1.54, 1.807) is 6.20 Å². The fourth-order valence-electron chi connectivity index (χ4n) is 1.05. The highest BCUT2D eigenvalue weighted by molar-refractivity contribution is 6.18. The molecule has 0 bridgehead atoms. The van der Waals surface area contributed by atoms with Crippen molar-refractivity contribution >= 4 is 17.5 Å². The van der Waals surface area contributed by atoms with E-state index in [1.165, 1.54) is 0 Å². The van der Waals surface area contributed by atoms with Gasteiger partial charge in [0.2, 0.25) is 5.91 Å². The van der Waals surface area contributed by atoms with E-state index >= 15 is 0 Å². The molecular formula is C10H13ClN2O. The second-order valence-electron chi connectivity index (χ2n) is 2.86. The molecule has 0 aromatic carbocycles. The third-order valence-corrected chi connectivity index (χ3v) is 1.94. The predicted molar refractivity (Wildman–Crippen MR) is 56.3 cm³/mol. The molecule has 0 fully saturated rings. The number of hydrogen-bond acceptors (Lipinski definition) is 2. The summed E-state index contributed by atoms with van der Waals surface area (Å²) in [5.74, 6) is 0.367. The number of pyridine rings is 1. The van der Waals surface area contributed by atoms with Crippen LogP contribution in [0.25, 0.3) is 0 Å². The SMILES string of the molecule is O=C(CCCl)NCCc1ccccn1. The monoisotopic (exact) mass is 212 g/mol. The van der Waals surface area contributed by atoms with E-state index in [1.807, 2.05) is 18.2 Å². The standard InChI is InChI=1S/C10H13ClN2O/c11-6-4-10(14)13-8-5-9-3-1-2-7-12-9/h1-3,7H,4-6,8H2,(H,13,14). The summed E-state index contributed by atoms with van der Waals surface area (Å²) in [4.78, 5) is 15.2. The zero-order chi connectivity index (χ0) is 10.2. The second kappa shape index (κ2) is 6.38. The van der Waals surface area contributed by atoms with Gasteiger partial charge < -0.3 is 5.32 Å². The van der Waals surface area contributed by atoms with Crippen LogP contribution >= 0.6 is 11.6 Å². The Hall–Kier alpha value is -1.09. The van der Waals surface area contributed by atoms with Crippen LogP contribution in [0.1, 0.15) is 12.1 Å². The Bertz CT molecular complexity index is 277. The minimum absolute atomic E-state index is 0.00377. The Kier molecular flexibility index (Phi) is 5.00. The molecule has 0 aliphatic carbocycles. The average molecular weight is 213 g/mol. The first-order valence-corrected chi connectivity index (χ1v) is 5.09. The number of aromatic nitrogens is 1. The molecule has 1 aromatic heterocycles. The summed E-state index contributed by atoms with van der Waals surface area (Å²) in [6.07, 6.45) is 2.88. The van der Waals surface area contributed by atoms with Gasteiger partial charge in [-0.3, -0.25) is 9.78 Å². The van der Waals surface area contributed by atoms with Crippen LogP contribution in [0.5, 0.6) is 0 Å². The molecule has 0 saturated heterocycles. The molecule has 3 nitrogen and oxygen atoms in total. The van der Waals surface area contributed by atoms with Crippen molar-refractivity contribution in [3.05, 3.63) is 30.1 Å². The van der Waals surface area contributed by atoms with E-state index in [0.29, 0.717) is 18.8 Å². The van der Waals surface area contributed by atoms with Gasteiger partial charge in [0.05, 0.1) is 0 Å². The van der Waals surface area contributed by atoms with Crippen LogP contribution in [-0.2, 0) is 11.2 Å². The van der Waals surface area contributed by atoms with E-state index in [9.17, 15) is 4.79 Å². The molecule has 1 N–H and O–H groups in total. The topological polar surface area (TPSA) is 42.0 Å². The van der Waals surface area contributed by atoms with Crippen LogP contribution in [-0.4, -0.2) is 23.3 Å². The zero-order valence-corrected chi connectivity index (χ0v) is 8.63. The maximum absolute atomic E-state index is 11.0. The lowest BCUT2D eigenvalue weighted by Gasteiger charge is -2.02. The Labute approximate surface area is 88.5 Å². The Morgan fingerprint density at radius 1 is 1.50 bits per heavy atom. The molecule has 14 heavy (non-hydrogen) atoms. The van der Waals surface area contributed by atoms with Gasteiger partial charge >= 0.3 is 0 Å². The van der Waals surface area contributed by atoms with Crippen LogP contribution in [0.2, 0.25) is 0 Å². The molecule has 0 aliphatic heterocycles. The first-order chi connectivity index (χ1) is 6.83. The summed E-state index contributed by atoms with van der Waals surface area (Å²) in [6.45, 7) is 0.618. The number of halogens is 1. The smallest absolute Gasteiger partial charge is 0.221 e. The summed E-state index contributed by atoms with van der Waals surface area (Å²) in [7, 11) is 0. The number of hydrogen-bond donors (Lipinski definition) is 1. The summed E-state index contributed by atoms with van der Waals surface area (Å²) in [5, 5.41) is 2.77. The van der Waals surface area contributed by atoms with Crippen LogP contribution in [0.3, 0.4) is 0 Å². The van der Waals surface area contributed by atoms with Crippen molar-refractivity contribution < 1.29 is 4.79 Å². The van der Waals surface area contributed by atoms with Crippen LogP contribution < -0.4 is 5.32 Å². The first kappa shape index (κ1) is 11.0. The van der Waals surface area contributed by atoms with E-state index in [4.69, 9.17) is 11.6 Å². The van der Waals surface area contributed by atoms with Gasteiger partial charge in [-0.2, -0.15) is 0 Å². The molecule has 0 spiro atoms. The van der Waals surface area contributed by atoms with Gasteiger partial charge in [-0.1, -0.05) is 6.07 Å². The molecule has 0 atom stereocenters. The molecule has 1 rings (SSSR count). The summed E-state index contributed by atoms with van der Waals surface area (Å²) >= 11 is 5.42. The predicted octanol–water partition coefficient (Wildman–Crippen LogP) is 1.37. The molecule has 0 saturated carbocycles. The lowest BCUT2D eigenvalue weighted by molar-refractivity contribution is -0.120. The van der Waals surface area contributed by atoms with Gasteiger partial charge in [-0.05, 0) is 12.1 Å². The molecular weight excluding hydrogens is 200 g/mol. The Balaban J connectivity index is 2.19. The molecule has 1 aromatic rings. The van der Waals surface area contributed by atoms with E-state index in [0.717, 1.165) is 12.1 Å². The van der Waals surface area contributed by atoms with Gasteiger partial charge in [0.15, 0.2) is 0 Å². The third kappa shape index (κ3) is 4.23. The Morgan fingerprint density at radius 3 is 3.00 bits per heavy atom. The molecule has 0 radical (unpaired) electrons. The number of amides is 1. The van der Waals surface area contributed by atoms with Gasteiger partial charge in [0.25, 0.3) is 0 Å². The first-order valence-electron chi connectivity index (χ1n) is 4.55. The molecule has 76 valence electrons. The fraction of sp³-hybridized carbons (Fsp3) is 0.400. The molecule has 1 amide bonds. The van der Waals surface area contributed by atoms with Gasteiger partial charge in [0.1, 0.15) is 0 Å². The van der Waals surface area contributed by atoms with Crippen molar-refractivity contribution in [2.24, 2.45) is 0 Å². The van der Waals surface area contributed by atoms with E-state index in [-0.39, 0.29) is 5.91 Å². The normalized spacial score (nSPS) is 9.79. The quantitative estimate of drug-likeness (QED) is 0.750. The van der Waals surface area contributed by atoms with Crippen molar-refractivity contribution in [3.8, 4) is 0 Å². The minimum Gasteiger partial charge on any atom is -0.356 e. The number of rotatable bonds is 5. The summed E-state index contributed by atoms with van der Waals surface area (Å²) < 4.78 is 0. The summed E-state index contributed by atoms with van der Waals surface area (Å²) in [5.41, 5.74) is 0.985. The maximum Gasteiger partial charge on any atom is 0.221 e. The second-order valence-corrected chi connectivity index (χ2v) is 3.24. The highest BCUT2D eigenvalue weighted by atomic mass is 35.5. The fourth-order valence-corrected chi connectivity index (χ4v) is 1.22. The van der Waals surface area contributed by atoms with Crippen LogP contribution in [0, 0.1) is 0 Å². The van der Waals surface area contributed by atoms with Crippen molar-refractivity contribution in [2.75, 3.05) is 12.4 Å². The minimum atomic E-state index is -0.00377. The van der Waals surface area contributed by atoms with Crippen molar-refractivity contribution in [1.82, 2.24) is 10.3 Å². The number of carbonyl (C=O) groups is 1. The molecule has 4 heteroatoms. The highest BCUT2D eigenvalue weighted by Crippen LogP contribution is 1.93. The van der Waals surface area contributed by atoms with Gasteiger partial charge in [0, 0.05) is 37.2 Å². The van der Waals surface area contributed by atoms with Crippen molar-refractivity contribution in [1.29, 1.82) is 0 Å². The van der Waals surface area contributed by atoms with Crippen molar-refractivity contribution in [2.45, 2.75) is 12.8 Å². The lowest BCUT2D eigenvalue weighted by atomic mass is 10.2. The largest absolute Gasteiger partial charge is 0.356 e.